The molecule has 3 aromatic rings. The van der Waals surface area contributed by atoms with Crippen molar-refractivity contribution in [3.8, 4) is 5.75 Å². The number of ether oxygens (including phenoxy) is 1. The van der Waals surface area contributed by atoms with Crippen molar-refractivity contribution < 1.29 is 23.1 Å². The summed E-state index contributed by atoms with van der Waals surface area (Å²) in [6.45, 7) is 0.292. The number of fused-ring (bicyclic) bond motifs is 3. The highest BCUT2D eigenvalue weighted by Gasteiger charge is 2.48. The lowest BCUT2D eigenvalue weighted by Crippen LogP contribution is -2.62. The second kappa shape index (κ2) is 9.70. The fourth-order valence-corrected chi connectivity index (χ4v) is 6.10. The Balaban J connectivity index is 1.36. The number of piperidine rings is 2. The van der Waals surface area contributed by atoms with Crippen molar-refractivity contribution in [2.45, 2.75) is 57.5 Å². The van der Waals surface area contributed by atoms with Gasteiger partial charge in [-0.05, 0) is 43.2 Å². The number of rotatable bonds is 6. The number of hydrogen-bond acceptors (Lipinski definition) is 4. The van der Waals surface area contributed by atoms with E-state index in [1.165, 1.54) is 12.3 Å². The first-order valence-corrected chi connectivity index (χ1v) is 12.9. The molecule has 7 rings (SSSR count). The second-order valence-electron chi connectivity index (χ2n) is 10.2. The summed E-state index contributed by atoms with van der Waals surface area (Å²) < 4.78 is 35.0. The molecular formula is C29H27F2N3O4. The van der Waals surface area contributed by atoms with Crippen molar-refractivity contribution in [2.75, 3.05) is 0 Å². The maximum Gasteiger partial charge on any atom is 0.275 e. The number of nitrogens with zero attached hydrogens (tertiary/aromatic N) is 2. The van der Waals surface area contributed by atoms with Crippen LogP contribution in [0.15, 0.2) is 59.5 Å². The highest BCUT2D eigenvalue weighted by Crippen LogP contribution is 2.43. The summed E-state index contributed by atoms with van der Waals surface area (Å²) in [4.78, 5) is 42.5. The van der Waals surface area contributed by atoms with E-state index in [-0.39, 0.29) is 53.7 Å². The van der Waals surface area contributed by atoms with Crippen LogP contribution < -0.4 is 15.5 Å². The zero-order valence-corrected chi connectivity index (χ0v) is 20.7. The Labute approximate surface area is 218 Å². The average Bonchev–Trinajstić information content (AvgIpc) is 2.93. The first-order chi connectivity index (χ1) is 18.4. The molecule has 2 amide bonds. The number of benzene rings is 2. The average molecular weight is 520 g/mol. The van der Waals surface area contributed by atoms with Crippen LogP contribution in [0.3, 0.4) is 0 Å². The monoisotopic (exact) mass is 519 g/mol. The highest BCUT2D eigenvalue weighted by atomic mass is 19.1. The zero-order valence-electron chi connectivity index (χ0n) is 20.7. The molecule has 7 nitrogen and oxygen atoms in total. The first kappa shape index (κ1) is 24.3. The van der Waals surface area contributed by atoms with Gasteiger partial charge < -0.3 is 19.5 Å². The van der Waals surface area contributed by atoms with E-state index >= 15 is 0 Å². The number of carbonyl (C=O) groups is 2. The summed E-state index contributed by atoms with van der Waals surface area (Å²) in [7, 11) is 0. The van der Waals surface area contributed by atoms with Crippen molar-refractivity contribution in [2.24, 2.45) is 5.92 Å². The van der Waals surface area contributed by atoms with E-state index in [1.807, 2.05) is 35.2 Å². The lowest BCUT2D eigenvalue weighted by atomic mass is 9.73. The van der Waals surface area contributed by atoms with Crippen molar-refractivity contribution in [1.82, 2.24) is 14.8 Å². The predicted molar refractivity (Wildman–Crippen MR) is 135 cm³/mol. The van der Waals surface area contributed by atoms with Gasteiger partial charge in [0.15, 0.2) is 11.4 Å². The molecule has 0 spiro atoms. The van der Waals surface area contributed by atoms with Gasteiger partial charge in [-0.3, -0.25) is 14.4 Å². The van der Waals surface area contributed by atoms with E-state index in [1.54, 1.807) is 4.57 Å². The molecule has 1 aromatic heterocycles. The van der Waals surface area contributed by atoms with Crippen LogP contribution in [0.2, 0.25) is 0 Å². The number of amides is 2. The fraction of sp³-hybridized carbons (Fsp3) is 0.345. The molecule has 1 saturated carbocycles. The van der Waals surface area contributed by atoms with Gasteiger partial charge in [-0.15, -0.1) is 0 Å². The lowest BCUT2D eigenvalue weighted by Gasteiger charge is -2.54. The molecule has 9 heteroatoms. The molecule has 2 bridgehead atoms. The Morgan fingerprint density at radius 1 is 1.03 bits per heavy atom. The van der Waals surface area contributed by atoms with Gasteiger partial charge in [-0.25, -0.2) is 8.78 Å². The van der Waals surface area contributed by atoms with E-state index in [4.69, 9.17) is 4.74 Å². The number of hydrogen-bond donors (Lipinski definition) is 1. The molecule has 1 aliphatic carbocycles. The summed E-state index contributed by atoms with van der Waals surface area (Å²) in [6.07, 6.45) is 5.45. The SMILES string of the molecule is O=C(NCc1ccc(F)cc1F)c1cn2c(c(OCc3ccccc3)c1=O)C(=O)N1[C@H]3CC[C@H](CC3)[C@@H]1C2. The second-order valence-corrected chi connectivity index (χ2v) is 10.2. The van der Waals surface area contributed by atoms with Crippen LogP contribution in [-0.2, 0) is 19.7 Å². The van der Waals surface area contributed by atoms with Gasteiger partial charge in [0.25, 0.3) is 11.8 Å². The Morgan fingerprint density at radius 2 is 1.79 bits per heavy atom. The number of halogens is 2. The quantitative estimate of drug-likeness (QED) is 0.533. The summed E-state index contributed by atoms with van der Waals surface area (Å²) >= 11 is 0. The van der Waals surface area contributed by atoms with Crippen LogP contribution >= 0.6 is 0 Å². The normalized spacial score (nSPS) is 21.6. The molecule has 38 heavy (non-hydrogen) atoms. The Morgan fingerprint density at radius 3 is 2.53 bits per heavy atom. The number of pyridine rings is 1. The summed E-state index contributed by atoms with van der Waals surface area (Å²) in [6, 6.07) is 12.5. The fourth-order valence-electron chi connectivity index (χ4n) is 6.10. The van der Waals surface area contributed by atoms with Crippen molar-refractivity contribution in [1.29, 1.82) is 0 Å². The molecule has 1 atom stereocenters. The van der Waals surface area contributed by atoms with E-state index in [9.17, 15) is 23.2 Å². The molecular weight excluding hydrogens is 492 g/mol. The molecule has 3 fully saturated rings. The molecule has 4 heterocycles. The minimum Gasteiger partial charge on any atom is -0.483 e. The van der Waals surface area contributed by atoms with Gasteiger partial charge in [0.05, 0.1) is 6.04 Å². The van der Waals surface area contributed by atoms with Gasteiger partial charge in [0.2, 0.25) is 5.43 Å². The van der Waals surface area contributed by atoms with Crippen molar-refractivity contribution in [3.63, 3.8) is 0 Å². The number of nitrogens with one attached hydrogen (secondary N) is 1. The molecule has 196 valence electrons. The van der Waals surface area contributed by atoms with E-state index < -0.39 is 23.0 Å². The number of aromatic nitrogens is 1. The Kier molecular flexibility index (Phi) is 6.21. The molecule has 4 aliphatic rings. The van der Waals surface area contributed by atoms with Gasteiger partial charge >= 0.3 is 0 Å². The van der Waals surface area contributed by atoms with Crippen LogP contribution in [-0.4, -0.2) is 33.4 Å². The smallest absolute Gasteiger partial charge is 0.275 e. The third-order valence-corrected chi connectivity index (χ3v) is 8.02. The van der Waals surface area contributed by atoms with Gasteiger partial charge in [0.1, 0.15) is 23.8 Å². The minimum absolute atomic E-state index is 0.0104. The Bertz CT molecular complexity index is 1460. The van der Waals surface area contributed by atoms with Crippen molar-refractivity contribution in [3.05, 3.63) is 99.0 Å². The molecule has 2 saturated heterocycles. The zero-order chi connectivity index (χ0) is 26.4. The standard InChI is InChI=1S/C29H27F2N3O4/c30-20-9-6-19(23(31)12-20)13-32-28(36)22-14-33-15-24-18-7-10-21(11-8-18)34(24)29(37)25(33)27(26(22)35)38-16-17-4-2-1-3-5-17/h1-6,9,12,14,18,21,24H,7-8,10-11,13,15-16H2,(H,32,36)/t18-,21+,24-/m0/s1. The lowest BCUT2D eigenvalue weighted by molar-refractivity contribution is -0.0182. The predicted octanol–water partition coefficient (Wildman–Crippen LogP) is 4.03. The summed E-state index contributed by atoms with van der Waals surface area (Å²) in [5.74, 6) is -2.25. The van der Waals surface area contributed by atoms with Crippen LogP contribution in [0.5, 0.6) is 5.75 Å². The van der Waals surface area contributed by atoms with Crippen LogP contribution in [0.1, 0.15) is 57.7 Å². The van der Waals surface area contributed by atoms with Crippen LogP contribution in [0.4, 0.5) is 8.78 Å². The highest BCUT2D eigenvalue weighted by molar-refractivity contribution is 5.99. The number of carbonyl (C=O) groups excluding carboxylic acids is 2. The Hall–Kier alpha value is -4.01. The van der Waals surface area contributed by atoms with E-state index in [2.05, 4.69) is 5.32 Å². The summed E-state index contributed by atoms with van der Waals surface area (Å²) in [5, 5.41) is 2.55. The van der Waals surface area contributed by atoms with Crippen LogP contribution in [0, 0.1) is 17.6 Å². The minimum atomic E-state index is -0.794. The summed E-state index contributed by atoms with van der Waals surface area (Å²) in [5.41, 5.74) is 0.170. The van der Waals surface area contributed by atoms with E-state index in [0.29, 0.717) is 12.5 Å². The topological polar surface area (TPSA) is 80.6 Å². The van der Waals surface area contributed by atoms with Gasteiger partial charge in [0, 0.05) is 37.0 Å². The van der Waals surface area contributed by atoms with Gasteiger partial charge in [-0.1, -0.05) is 36.4 Å². The van der Waals surface area contributed by atoms with Gasteiger partial charge in [-0.2, -0.15) is 0 Å². The maximum atomic E-state index is 14.1. The maximum absolute atomic E-state index is 14.1. The molecule has 3 aliphatic heterocycles. The van der Waals surface area contributed by atoms with E-state index in [0.717, 1.165) is 43.4 Å². The molecule has 0 unspecified atom stereocenters. The van der Waals surface area contributed by atoms with Crippen LogP contribution in [0.25, 0.3) is 0 Å². The molecule has 2 aromatic carbocycles. The van der Waals surface area contributed by atoms with Crippen molar-refractivity contribution >= 4 is 11.8 Å². The first-order valence-electron chi connectivity index (χ1n) is 12.9. The largest absolute Gasteiger partial charge is 0.483 e. The third-order valence-electron chi connectivity index (χ3n) is 8.02. The third kappa shape index (κ3) is 4.25. The molecule has 1 N–H and O–H groups in total. The molecule has 0 radical (unpaired) electrons.